The average Bonchev–Trinajstić information content (AvgIpc) is 2.29. The van der Waals surface area contributed by atoms with Crippen LogP contribution < -0.4 is 11.3 Å². The van der Waals surface area contributed by atoms with Gasteiger partial charge in [-0.25, -0.2) is 10.8 Å². The molecule has 0 saturated heterocycles. The lowest BCUT2D eigenvalue weighted by Gasteiger charge is -2.22. The highest BCUT2D eigenvalue weighted by Crippen LogP contribution is 2.07. The molecule has 1 aromatic heterocycles. The van der Waals surface area contributed by atoms with Gasteiger partial charge in [-0.05, 0) is 25.6 Å². The summed E-state index contributed by atoms with van der Waals surface area (Å²) in [7, 11) is 1.97. The number of rotatable bonds is 5. The molecule has 0 saturated carbocycles. The topological polar surface area (TPSA) is 74.4 Å². The third kappa shape index (κ3) is 3.47. The number of pyridine rings is 1. The van der Waals surface area contributed by atoms with E-state index < -0.39 is 0 Å². The number of nitrogens with zero attached hydrogens (tertiary/aromatic N) is 2. The standard InChI is InChI=1S/C10H18N4O/c1-8(7-15)14(2)6-9-3-4-10(13-11)12-5-9/h3-5,8,15H,6-7,11H2,1-2H3,(H,12,13). The van der Waals surface area contributed by atoms with E-state index in [0.29, 0.717) is 5.82 Å². The number of hydrogen-bond donors (Lipinski definition) is 3. The van der Waals surface area contributed by atoms with Crippen LogP contribution in [0.5, 0.6) is 0 Å². The normalized spacial score (nSPS) is 12.9. The number of nitrogens with two attached hydrogens (primary N) is 1. The molecule has 0 fully saturated rings. The van der Waals surface area contributed by atoms with E-state index in [0.717, 1.165) is 12.1 Å². The lowest BCUT2D eigenvalue weighted by atomic mass is 10.2. The summed E-state index contributed by atoms with van der Waals surface area (Å²) in [6.07, 6.45) is 1.77. The van der Waals surface area contributed by atoms with E-state index >= 15 is 0 Å². The predicted molar refractivity (Wildman–Crippen MR) is 60.1 cm³/mol. The van der Waals surface area contributed by atoms with Gasteiger partial charge >= 0.3 is 0 Å². The number of likely N-dealkylation sites (N-methyl/N-ethyl adjacent to an activating group) is 1. The van der Waals surface area contributed by atoms with Gasteiger partial charge in [-0.2, -0.15) is 0 Å². The van der Waals surface area contributed by atoms with Crippen LogP contribution in [0.3, 0.4) is 0 Å². The number of aliphatic hydroxyl groups is 1. The molecule has 0 bridgehead atoms. The molecule has 4 N–H and O–H groups in total. The van der Waals surface area contributed by atoms with Gasteiger partial charge < -0.3 is 10.5 Å². The Kier molecular flexibility index (Phi) is 4.48. The van der Waals surface area contributed by atoms with Crippen molar-refractivity contribution >= 4 is 5.82 Å². The summed E-state index contributed by atoms with van der Waals surface area (Å²) in [5.74, 6) is 5.86. The summed E-state index contributed by atoms with van der Waals surface area (Å²) in [5, 5.41) is 8.98. The van der Waals surface area contributed by atoms with Crippen molar-refractivity contribution in [3.8, 4) is 0 Å². The average molecular weight is 210 g/mol. The van der Waals surface area contributed by atoms with E-state index in [1.807, 2.05) is 26.1 Å². The van der Waals surface area contributed by atoms with Gasteiger partial charge in [0, 0.05) is 18.8 Å². The highest BCUT2D eigenvalue weighted by molar-refractivity contribution is 5.33. The van der Waals surface area contributed by atoms with E-state index in [-0.39, 0.29) is 12.6 Å². The molecule has 0 aliphatic rings. The summed E-state index contributed by atoms with van der Waals surface area (Å²) in [6, 6.07) is 3.94. The van der Waals surface area contributed by atoms with E-state index in [9.17, 15) is 0 Å². The van der Waals surface area contributed by atoms with Gasteiger partial charge in [-0.3, -0.25) is 4.90 Å². The van der Waals surface area contributed by atoms with Crippen LogP contribution in [-0.4, -0.2) is 34.7 Å². The van der Waals surface area contributed by atoms with Gasteiger partial charge in [-0.1, -0.05) is 6.07 Å². The van der Waals surface area contributed by atoms with Crippen LogP contribution in [0.2, 0.25) is 0 Å². The number of anilines is 1. The summed E-state index contributed by atoms with van der Waals surface area (Å²) in [5.41, 5.74) is 3.57. The molecule has 1 atom stereocenters. The van der Waals surface area contributed by atoms with Gasteiger partial charge in [-0.15, -0.1) is 0 Å². The van der Waals surface area contributed by atoms with E-state index in [1.54, 1.807) is 6.20 Å². The first-order valence-electron chi connectivity index (χ1n) is 4.90. The highest BCUT2D eigenvalue weighted by atomic mass is 16.3. The predicted octanol–water partition coefficient (Wildman–Crippen LogP) is 0.180. The number of nitrogen functional groups attached to an aromatic ring is 1. The molecular weight excluding hydrogens is 192 g/mol. The molecule has 84 valence electrons. The second kappa shape index (κ2) is 5.65. The minimum absolute atomic E-state index is 0.150. The van der Waals surface area contributed by atoms with Crippen LogP contribution in [0.4, 0.5) is 5.82 Å². The fourth-order valence-electron chi connectivity index (χ4n) is 1.19. The Hall–Kier alpha value is -1.17. The zero-order valence-corrected chi connectivity index (χ0v) is 9.14. The number of hydrogen-bond acceptors (Lipinski definition) is 5. The number of nitrogens with one attached hydrogen (secondary N) is 1. The lowest BCUT2D eigenvalue weighted by Crippen LogP contribution is -2.31. The van der Waals surface area contributed by atoms with Crippen molar-refractivity contribution in [2.45, 2.75) is 19.5 Å². The summed E-state index contributed by atoms with van der Waals surface area (Å²) < 4.78 is 0. The quantitative estimate of drug-likeness (QED) is 0.477. The summed E-state index contributed by atoms with van der Waals surface area (Å²) in [4.78, 5) is 6.17. The van der Waals surface area contributed by atoms with Gasteiger partial charge in [0.05, 0.1) is 6.61 Å². The smallest absolute Gasteiger partial charge is 0.139 e. The minimum Gasteiger partial charge on any atom is -0.395 e. The molecule has 1 heterocycles. The van der Waals surface area contributed by atoms with Crippen LogP contribution in [-0.2, 0) is 6.54 Å². The van der Waals surface area contributed by atoms with Crippen LogP contribution in [0.25, 0.3) is 0 Å². The number of hydrazine groups is 1. The van der Waals surface area contributed by atoms with Crippen LogP contribution >= 0.6 is 0 Å². The maximum atomic E-state index is 8.98. The van der Waals surface area contributed by atoms with Gasteiger partial charge in [0.2, 0.25) is 0 Å². The Morgan fingerprint density at radius 1 is 1.60 bits per heavy atom. The monoisotopic (exact) mass is 210 g/mol. The summed E-state index contributed by atoms with van der Waals surface area (Å²) in [6.45, 7) is 2.90. The Morgan fingerprint density at radius 2 is 2.33 bits per heavy atom. The van der Waals surface area contributed by atoms with Crippen molar-refractivity contribution in [2.24, 2.45) is 5.84 Å². The molecule has 0 aliphatic heterocycles. The Balaban J connectivity index is 2.57. The maximum Gasteiger partial charge on any atom is 0.139 e. The molecule has 0 aliphatic carbocycles. The zero-order valence-electron chi connectivity index (χ0n) is 9.14. The molecule has 0 amide bonds. The SMILES string of the molecule is CC(CO)N(C)Cc1ccc(NN)nc1. The molecule has 1 rings (SSSR count). The second-order valence-electron chi connectivity index (χ2n) is 3.64. The van der Waals surface area contributed by atoms with Crippen LogP contribution in [0.15, 0.2) is 18.3 Å². The zero-order chi connectivity index (χ0) is 11.3. The first-order chi connectivity index (χ1) is 7.17. The number of aliphatic hydroxyl groups excluding tert-OH is 1. The molecular formula is C10H18N4O. The molecule has 1 aromatic rings. The fourth-order valence-corrected chi connectivity index (χ4v) is 1.19. The maximum absolute atomic E-state index is 8.98. The van der Waals surface area contributed by atoms with E-state index in [1.165, 1.54) is 0 Å². The number of aromatic nitrogens is 1. The fraction of sp³-hybridized carbons (Fsp3) is 0.500. The van der Waals surface area contributed by atoms with Crippen molar-refractivity contribution in [1.29, 1.82) is 0 Å². The lowest BCUT2D eigenvalue weighted by molar-refractivity contribution is 0.154. The summed E-state index contributed by atoms with van der Waals surface area (Å²) >= 11 is 0. The Labute approximate surface area is 89.9 Å². The van der Waals surface area contributed by atoms with Gasteiger partial charge in [0.15, 0.2) is 0 Å². The molecule has 15 heavy (non-hydrogen) atoms. The highest BCUT2D eigenvalue weighted by Gasteiger charge is 2.07. The van der Waals surface area contributed by atoms with Crippen molar-refractivity contribution in [1.82, 2.24) is 9.88 Å². The van der Waals surface area contributed by atoms with Crippen molar-refractivity contribution in [2.75, 3.05) is 19.1 Å². The Morgan fingerprint density at radius 3 is 2.80 bits per heavy atom. The van der Waals surface area contributed by atoms with E-state index in [4.69, 9.17) is 10.9 Å². The second-order valence-corrected chi connectivity index (χ2v) is 3.64. The van der Waals surface area contributed by atoms with Crippen LogP contribution in [0.1, 0.15) is 12.5 Å². The third-order valence-electron chi connectivity index (χ3n) is 2.42. The van der Waals surface area contributed by atoms with Crippen molar-refractivity contribution in [3.05, 3.63) is 23.9 Å². The van der Waals surface area contributed by atoms with Gasteiger partial charge in [0.25, 0.3) is 0 Å². The minimum atomic E-state index is 0.150. The van der Waals surface area contributed by atoms with Crippen LogP contribution in [0, 0.1) is 0 Å². The van der Waals surface area contributed by atoms with Crippen molar-refractivity contribution < 1.29 is 5.11 Å². The largest absolute Gasteiger partial charge is 0.395 e. The van der Waals surface area contributed by atoms with E-state index in [2.05, 4.69) is 15.3 Å². The molecule has 0 aromatic carbocycles. The first kappa shape index (κ1) is 11.9. The van der Waals surface area contributed by atoms with Crippen molar-refractivity contribution in [3.63, 3.8) is 0 Å². The molecule has 5 heteroatoms. The molecule has 5 nitrogen and oxygen atoms in total. The first-order valence-corrected chi connectivity index (χ1v) is 4.90. The molecule has 0 radical (unpaired) electrons. The van der Waals surface area contributed by atoms with Gasteiger partial charge in [0.1, 0.15) is 5.82 Å². The molecule has 1 unspecified atom stereocenters. The molecule has 0 spiro atoms. The third-order valence-corrected chi connectivity index (χ3v) is 2.42. The Bertz CT molecular complexity index is 288.